The van der Waals surface area contributed by atoms with Crippen LogP contribution in [0.1, 0.15) is 43.4 Å². The van der Waals surface area contributed by atoms with Gasteiger partial charge in [-0.3, -0.25) is 4.98 Å². The second-order valence-electron chi connectivity index (χ2n) is 9.34. The number of H-pyrrole nitrogens is 1. The quantitative estimate of drug-likeness (QED) is 0.484. The molecule has 190 valence electrons. The average Bonchev–Trinajstić information content (AvgIpc) is 3.33. The standard InChI is InChI=1S/C27H31F2N5O2/c1-4-34-7-5-16(6-8-34)21-14-30-15-22(33-21)18-10-19-17(12-31-27(19)32-13-18)9-20-25(28)23(35-2)11-24(36-3)26(20)29/h10,12-16,23H,4-9,11H2,1-3H3,(H,31,32). The van der Waals surface area contributed by atoms with E-state index < -0.39 is 17.8 Å². The molecule has 36 heavy (non-hydrogen) atoms. The van der Waals surface area contributed by atoms with Crippen molar-refractivity contribution in [1.82, 2.24) is 24.8 Å². The fraction of sp³-hybridized carbons (Fsp3) is 0.444. The molecule has 1 aliphatic carbocycles. The van der Waals surface area contributed by atoms with Crippen molar-refractivity contribution >= 4 is 11.0 Å². The largest absolute Gasteiger partial charge is 0.498 e. The Bertz CT molecular complexity index is 1310. The first-order chi connectivity index (χ1) is 17.5. The molecule has 7 nitrogen and oxygen atoms in total. The van der Waals surface area contributed by atoms with E-state index in [-0.39, 0.29) is 24.2 Å². The highest BCUT2D eigenvalue weighted by molar-refractivity contribution is 5.84. The average molecular weight is 496 g/mol. The summed E-state index contributed by atoms with van der Waals surface area (Å²) >= 11 is 0. The summed E-state index contributed by atoms with van der Waals surface area (Å²) in [5, 5.41) is 0.780. The van der Waals surface area contributed by atoms with E-state index in [9.17, 15) is 0 Å². The zero-order valence-corrected chi connectivity index (χ0v) is 20.9. The van der Waals surface area contributed by atoms with E-state index in [4.69, 9.17) is 14.5 Å². The molecule has 3 aromatic rings. The molecular weight excluding hydrogens is 464 g/mol. The van der Waals surface area contributed by atoms with Crippen molar-refractivity contribution in [2.45, 2.75) is 44.6 Å². The highest BCUT2D eigenvalue weighted by Gasteiger charge is 2.31. The van der Waals surface area contributed by atoms with Crippen LogP contribution in [0.2, 0.25) is 0 Å². The van der Waals surface area contributed by atoms with Crippen molar-refractivity contribution in [3.8, 4) is 11.3 Å². The zero-order chi connectivity index (χ0) is 25.2. The molecule has 0 spiro atoms. The van der Waals surface area contributed by atoms with Crippen molar-refractivity contribution in [1.29, 1.82) is 0 Å². The molecule has 2 aliphatic rings. The van der Waals surface area contributed by atoms with E-state index in [1.54, 1.807) is 18.6 Å². The number of aromatic nitrogens is 4. The molecule has 1 unspecified atom stereocenters. The Morgan fingerprint density at radius 2 is 1.94 bits per heavy atom. The molecule has 0 aromatic carbocycles. The minimum atomic E-state index is -0.865. The van der Waals surface area contributed by atoms with Gasteiger partial charge in [-0.25, -0.2) is 18.7 Å². The number of allylic oxidation sites excluding steroid dienone is 2. The van der Waals surface area contributed by atoms with Gasteiger partial charge in [0.15, 0.2) is 5.83 Å². The van der Waals surface area contributed by atoms with Gasteiger partial charge in [0.2, 0.25) is 0 Å². The number of hydrogen-bond donors (Lipinski definition) is 1. The maximum Gasteiger partial charge on any atom is 0.167 e. The number of rotatable bonds is 7. The van der Waals surface area contributed by atoms with Gasteiger partial charge in [-0.2, -0.15) is 0 Å². The maximum absolute atomic E-state index is 15.1. The Labute approximate surface area is 209 Å². The van der Waals surface area contributed by atoms with Crippen molar-refractivity contribution in [2.24, 2.45) is 0 Å². The fourth-order valence-electron chi connectivity index (χ4n) is 5.13. The molecule has 1 aliphatic heterocycles. The van der Waals surface area contributed by atoms with Crippen molar-refractivity contribution < 1.29 is 18.3 Å². The van der Waals surface area contributed by atoms with Crippen LogP contribution in [0.15, 0.2) is 53.8 Å². The van der Waals surface area contributed by atoms with Crippen LogP contribution < -0.4 is 0 Å². The first-order valence-electron chi connectivity index (χ1n) is 12.4. The van der Waals surface area contributed by atoms with Crippen LogP contribution in [0.3, 0.4) is 0 Å². The number of methoxy groups -OCH3 is 2. The molecule has 4 heterocycles. The van der Waals surface area contributed by atoms with Gasteiger partial charge in [-0.15, -0.1) is 0 Å². The summed E-state index contributed by atoms with van der Waals surface area (Å²) in [7, 11) is 2.79. The number of pyridine rings is 1. The summed E-state index contributed by atoms with van der Waals surface area (Å²) in [5.74, 6) is -0.801. The van der Waals surface area contributed by atoms with Crippen LogP contribution in [0.5, 0.6) is 0 Å². The number of likely N-dealkylation sites (tertiary alicyclic amines) is 1. The molecule has 5 rings (SSSR count). The van der Waals surface area contributed by atoms with Gasteiger partial charge in [0, 0.05) is 61.0 Å². The lowest BCUT2D eigenvalue weighted by Gasteiger charge is -2.30. The predicted octanol–water partition coefficient (Wildman–Crippen LogP) is 5.23. The SMILES string of the molecule is CCN1CCC(c2cncc(-c3cnc4[nH]cc(CC5=C(F)C(OC)CC(OC)=C5F)c4c3)n2)CC1. The zero-order valence-electron chi connectivity index (χ0n) is 20.9. The monoisotopic (exact) mass is 495 g/mol. The number of ether oxygens (including phenoxy) is 2. The molecule has 9 heteroatoms. The number of fused-ring (bicyclic) bond motifs is 1. The maximum atomic E-state index is 15.1. The molecule has 0 radical (unpaired) electrons. The molecule has 1 N–H and O–H groups in total. The summed E-state index contributed by atoms with van der Waals surface area (Å²) in [4.78, 5) is 19.5. The first-order valence-corrected chi connectivity index (χ1v) is 12.4. The molecule has 0 saturated carbocycles. The predicted molar refractivity (Wildman–Crippen MR) is 134 cm³/mol. The molecule has 0 amide bonds. The summed E-state index contributed by atoms with van der Waals surface area (Å²) in [6.07, 6.45) is 8.42. The fourth-order valence-corrected chi connectivity index (χ4v) is 5.13. The number of hydrogen-bond acceptors (Lipinski definition) is 6. The Morgan fingerprint density at radius 3 is 2.67 bits per heavy atom. The summed E-state index contributed by atoms with van der Waals surface area (Å²) < 4.78 is 40.5. The van der Waals surface area contributed by atoms with Crippen molar-refractivity contribution in [3.63, 3.8) is 0 Å². The van der Waals surface area contributed by atoms with Crippen molar-refractivity contribution in [3.05, 3.63) is 65.1 Å². The van der Waals surface area contributed by atoms with E-state index >= 15 is 8.78 Å². The van der Waals surface area contributed by atoms with Gasteiger partial charge in [0.1, 0.15) is 23.3 Å². The van der Waals surface area contributed by atoms with Crippen LogP contribution in [-0.2, 0) is 15.9 Å². The van der Waals surface area contributed by atoms with Crippen LogP contribution >= 0.6 is 0 Å². The second kappa shape index (κ2) is 10.4. The lowest BCUT2D eigenvalue weighted by Crippen LogP contribution is -2.32. The molecule has 0 bridgehead atoms. The third-order valence-corrected chi connectivity index (χ3v) is 7.37. The van der Waals surface area contributed by atoms with Gasteiger partial charge in [0.05, 0.1) is 24.7 Å². The van der Waals surface area contributed by atoms with Crippen LogP contribution in [0, 0.1) is 0 Å². The number of halogens is 2. The van der Waals surface area contributed by atoms with Gasteiger partial charge in [0.25, 0.3) is 0 Å². The summed E-state index contributed by atoms with van der Waals surface area (Å²) in [6.45, 7) is 5.40. The number of nitrogens with one attached hydrogen (secondary N) is 1. The minimum absolute atomic E-state index is 0.0280. The Morgan fingerprint density at radius 1 is 1.14 bits per heavy atom. The third-order valence-electron chi connectivity index (χ3n) is 7.37. The number of nitrogens with zero attached hydrogens (tertiary/aromatic N) is 4. The summed E-state index contributed by atoms with van der Waals surface area (Å²) in [5.41, 5.74) is 3.85. The molecular formula is C27H31F2N5O2. The smallest absolute Gasteiger partial charge is 0.167 e. The number of piperidine rings is 1. The highest BCUT2D eigenvalue weighted by Crippen LogP contribution is 2.37. The second-order valence-corrected chi connectivity index (χ2v) is 9.34. The van der Waals surface area contributed by atoms with Gasteiger partial charge < -0.3 is 19.4 Å². The number of aromatic amines is 1. The Balaban J connectivity index is 1.45. The van der Waals surface area contributed by atoms with Gasteiger partial charge in [-0.1, -0.05) is 6.92 Å². The molecule has 3 aromatic heterocycles. The first kappa shape index (κ1) is 24.5. The third kappa shape index (κ3) is 4.65. The van der Waals surface area contributed by atoms with Gasteiger partial charge >= 0.3 is 0 Å². The van der Waals surface area contributed by atoms with E-state index in [0.717, 1.165) is 60.4 Å². The molecule has 1 saturated heterocycles. The minimum Gasteiger partial charge on any atom is -0.498 e. The molecule has 1 fully saturated rings. The van der Waals surface area contributed by atoms with Gasteiger partial charge in [-0.05, 0) is 44.1 Å². The topological polar surface area (TPSA) is 76.2 Å². The van der Waals surface area contributed by atoms with Crippen LogP contribution in [-0.4, -0.2) is 64.8 Å². The Hall–Kier alpha value is -3.17. The Kier molecular flexibility index (Phi) is 7.11. The lowest BCUT2D eigenvalue weighted by atomic mass is 9.93. The molecule has 1 atom stereocenters. The van der Waals surface area contributed by atoms with E-state index in [1.807, 2.05) is 12.3 Å². The van der Waals surface area contributed by atoms with Crippen LogP contribution in [0.25, 0.3) is 22.3 Å². The normalized spacial score (nSPS) is 20.0. The highest BCUT2D eigenvalue weighted by atomic mass is 19.1. The lowest BCUT2D eigenvalue weighted by molar-refractivity contribution is 0.0890. The van der Waals surface area contributed by atoms with E-state index in [0.29, 0.717) is 11.6 Å². The summed E-state index contributed by atoms with van der Waals surface area (Å²) in [6, 6.07) is 1.95. The van der Waals surface area contributed by atoms with Crippen LogP contribution in [0.4, 0.5) is 8.78 Å². The van der Waals surface area contributed by atoms with E-state index in [1.165, 1.54) is 14.2 Å². The van der Waals surface area contributed by atoms with E-state index in [2.05, 4.69) is 26.8 Å². The van der Waals surface area contributed by atoms with Crippen molar-refractivity contribution in [2.75, 3.05) is 33.9 Å².